The van der Waals surface area contributed by atoms with Gasteiger partial charge in [0, 0.05) is 49.1 Å². The highest BCUT2D eigenvalue weighted by molar-refractivity contribution is 6.07. The third kappa shape index (κ3) is 5.46. The first-order chi connectivity index (χ1) is 15.6. The molecule has 33 heavy (non-hydrogen) atoms. The van der Waals surface area contributed by atoms with Crippen molar-refractivity contribution in [3.8, 4) is 0 Å². The predicted molar refractivity (Wildman–Crippen MR) is 113 cm³/mol. The molecule has 1 aromatic rings. The first kappa shape index (κ1) is 23.9. The number of ether oxygens (including phenoxy) is 1. The Morgan fingerprint density at radius 3 is 2.67 bits per heavy atom. The lowest BCUT2D eigenvalue weighted by Crippen LogP contribution is -2.37. The van der Waals surface area contributed by atoms with Crippen molar-refractivity contribution in [2.75, 3.05) is 38.6 Å². The Morgan fingerprint density at radius 2 is 2.00 bits per heavy atom. The molecule has 4 rings (SSSR count). The molecule has 4 N–H and O–H groups in total. The van der Waals surface area contributed by atoms with E-state index in [0.717, 1.165) is 51.2 Å². The summed E-state index contributed by atoms with van der Waals surface area (Å²) < 4.78 is 70.8. The van der Waals surface area contributed by atoms with Crippen molar-refractivity contribution in [1.29, 1.82) is 5.41 Å². The minimum absolute atomic E-state index is 0.00686. The number of aromatic nitrogens is 1. The number of nitrogens with zero attached hydrogens (tertiary/aromatic N) is 2. The van der Waals surface area contributed by atoms with Crippen molar-refractivity contribution in [3.63, 3.8) is 0 Å². The number of rotatable bonds is 7. The van der Waals surface area contributed by atoms with E-state index in [2.05, 4.69) is 15.2 Å². The molecule has 1 aliphatic heterocycles. The van der Waals surface area contributed by atoms with Crippen LogP contribution < -0.4 is 11.1 Å². The van der Waals surface area contributed by atoms with Gasteiger partial charge in [-0.1, -0.05) is 0 Å². The van der Waals surface area contributed by atoms with Crippen LogP contribution in [0.15, 0.2) is 24.0 Å². The van der Waals surface area contributed by atoms with Crippen LogP contribution in [0.25, 0.3) is 0 Å². The Morgan fingerprint density at radius 1 is 1.27 bits per heavy atom. The summed E-state index contributed by atoms with van der Waals surface area (Å²) in [6.07, 6.45) is -1.94. The fourth-order valence-electron chi connectivity index (χ4n) is 5.25. The van der Waals surface area contributed by atoms with E-state index in [4.69, 9.17) is 15.9 Å². The number of pyridine rings is 1. The van der Waals surface area contributed by atoms with Gasteiger partial charge in [0.25, 0.3) is 6.43 Å². The Bertz CT molecular complexity index is 886. The molecule has 4 atom stereocenters. The Kier molecular flexibility index (Phi) is 6.90. The average Bonchev–Trinajstić information content (AvgIpc) is 3.36. The van der Waals surface area contributed by atoms with Crippen LogP contribution in [0, 0.1) is 23.2 Å². The molecule has 182 valence electrons. The number of allylic oxidation sites excluding steroid dienone is 2. The van der Waals surface area contributed by atoms with Gasteiger partial charge in [-0.25, -0.2) is 13.8 Å². The number of nitrogens with two attached hydrogens (primary N) is 1. The summed E-state index contributed by atoms with van der Waals surface area (Å²) in [6.45, 7) is 2.77. The second-order valence-electron chi connectivity index (χ2n) is 8.92. The van der Waals surface area contributed by atoms with E-state index >= 15 is 0 Å². The molecule has 11 heteroatoms. The fraction of sp³-hybridized carbons (Fsp3) is 0.636. The van der Waals surface area contributed by atoms with Gasteiger partial charge < -0.3 is 21.2 Å². The topological polar surface area (TPSA) is 87.3 Å². The maximum Gasteiger partial charge on any atom is 0.419 e. The van der Waals surface area contributed by atoms with Gasteiger partial charge in [0.2, 0.25) is 0 Å². The molecule has 2 aliphatic carbocycles. The summed E-state index contributed by atoms with van der Waals surface area (Å²) in [5.41, 5.74) is 4.41. The number of alkyl halides is 5. The van der Waals surface area contributed by atoms with E-state index in [1.54, 1.807) is 0 Å². The fourth-order valence-corrected chi connectivity index (χ4v) is 5.25. The second-order valence-corrected chi connectivity index (χ2v) is 8.92. The molecular formula is C22H28F5N5O. The van der Waals surface area contributed by atoms with Gasteiger partial charge in [-0.05, 0) is 43.2 Å². The van der Waals surface area contributed by atoms with Gasteiger partial charge in [-0.2, -0.15) is 13.2 Å². The van der Waals surface area contributed by atoms with Crippen LogP contribution in [-0.2, 0) is 10.9 Å². The molecule has 0 aromatic carbocycles. The van der Waals surface area contributed by atoms with E-state index in [1.807, 2.05) is 0 Å². The summed E-state index contributed by atoms with van der Waals surface area (Å²) in [6, 6.07) is 1.21. The third-order valence-corrected chi connectivity index (χ3v) is 6.85. The van der Waals surface area contributed by atoms with Gasteiger partial charge in [-0.3, -0.25) is 4.90 Å². The van der Waals surface area contributed by atoms with Crippen LogP contribution in [0.2, 0.25) is 0 Å². The molecule has 1 saturated heterocycles. The molecule has 0 amide bonds. The van der Waals surface area contributed by atoms with Crippen molar-refractivity contribution < 1.29 is 26.7 Å². The van der Waals surface area contributed by atoms with Gasteiger partial charge >= 0.3 is 6.18 Å². The molecule has 1 aromatic heterocycles. The zero-order chi connectivity index (χ0) is 23.8. The standard InChI is InChI=1S/C22H28F5N5O/c23-19(24)11-30-18(9-17(28)12-6-16(22(25,26)27)21(29)31-10-12)20-14-7-13(8-15(14)20)32-2-1-4-33-5-3-32/h6,9-10,13-15,19-20,28,30H,1-5,7-8,11H2,(H2,29,31)/b18-9-,28-17?/t13-,14+,15-,20-. The maximum absolute atomic E-state index is 13.2. The van der Waals surface area contributed by atoms with Crippen molar-refractivity contribution in [2.24, 2.45) is 17.8 Å². The number of nitrogens with one attached hydrogen (secondary N) is 2. The normalized spacial score (nSPS) is 28.5. The molecule has 2 heterocycles. The SMILES string of the molecule is N=C(/C=C(\NCC(F)F)[C@H]1[C@@H]2C[C@H](N3CCCOCC3)C[C@@H]21)c1cnc(N)c(C(F)(F)F)c1. The number of halogens is 5. The highest BCUT2D eigenvalue weighted by Crippen LogP contribution is 2.61. The smallest absolute Gasteiger partial charge is 0.383 e. The van der Waals surface area contributed by atoms with Crippen LogP contribution in [0.3, 0.4) is 0 Å². The van der Waals surface area contributed by atoms with E-state index in [1.165, 1.54) is 6.08 Å². The minimum atomic E-state index is -4.70. The number of hydrogen-bond acceptors (Lipinski definition) is 6. The molecule has 0 spiro atoms. The molecule has 0 unspecified atom stereocenters. The third-order valence-electron chi connectivity index (χ3n) is 6.85. The lowest BCUT2D eigenvalue weighted by atomic mass is 10.0. The van der Waals surface area contributed by atoms with E-state index < -0.39 is 30.5 Å². The Labute approximate surface area is 188 Å². The maximum atomic E-state index is 13.2. The first-order valence-electron chi connectivity index (χ1n) is 11.1. The molecular weight excluding hydrogens is 445 g/mol. The van der Waals surface area contributed by atoms with Crippen LogP contribution in [-0.4, -0.2) is 60.9 Å². The number of hydrogen-bond donors (Lipinski definition) is 3. The van der Waals surface area contributed by atoms with E-state index in [9.17, 15) is 22.0 Å². The van der Waals surface area contributed by atoms with Crippen molar-refractivity contribution in [2.45, 2.75) is 37.9 Å². The summed E-state index contributed by atoms with van der Waals surface area (Å²) in [4.78, 5) is 6.00. The van der Waals surface area contributed by atoms with Crippen LogP contribution in [0.5, 0.6) is 0 Å². The number of anilines is 1. The first-order valence-corrected chi connectivity index (χ1v) is 11.1. The minimum Gasteiger partial charge on any atom is -0.383 e. The zero-order valence-corrected chi connectivity index (χ0v) is 18.0. The summed E-state index contributed by atoms with van der Waals surface area (Å²) >= 11 is 0. The lowest BCUT2D eigenvalue weighted by Gasteiger charge is -2.29. The zero-order valence-electron chi connectivity index (χ0n) is 18.0. The van der Waals surface area contributed by atoms with E-state index in [-0.39, 0.29) is 17.2 Å². The van der Waals surface area contributed by atoms with Crippen LogP contribution >= 0.6 is 0 Å². The molecule has 2 saturated carbocycles. The second kappa shape index (κ2) is 9.54. The van der Waals surface area contributed by atoms with Gasteiger partial charge in [0.05, 0.1) is 24.4 Å². The number of fused-ring (bicyclic) bond motifs is 1. The predicted octanol–water partition coefficient (Wildman–Crippen LogP) is 3.54. The summed E-state index contributed by atoms with van der Waals surface area (Å²) in [5, 5.41) is 11.0. The van der Waals surface area contributed by atoms with Crippen LogP contribution in [0.4, 0.5) is 27.8 Å². The van der Waals surface area contributed by atoms with Crippen molar-refractivity contribution in [3.05, 3.63) is 35.2 Å². The lowest BCUT2D eigenvalue weighted by molar-refractivity contribution is -0.137. The summed E-state index contributed by atoms with van der Waals surface area (Å²) in [7, 11) is 0. The summed E-state index contributed by atoms with van der Waals surface area (Å²) in [5.74, 6) is -0.0227. The van der Waals surface area contributed by atoms with Crippen molar-refractivity contribution in [1.82, 2.24) is 15.2 Å². The molecule has 0 radical (unpaired) electrons. The average molecular weight is 473 g/mol. The van der Waals surface area contributed by atoms with Crippen molar-refractivity contribution >= 4 is 11.5 Å². The molecule has 3 fully saturated rings. The highest BCUT2D eigenvalue weighted by atomic mass is 19.4. The highest BCUT2D eigenvalue weighted by Gasteiger charge is 2.58. The van der Waals surface area contributed by atoms with Crippen LogP contribution in [0.1, 0.15) is 30.4 Å². The van der Waals surface area contributed by atoms with Gasteiger partial charge in [0.15, 0.2) is 0 Å². The Balaban J connectivity index is 1.48. The van der Waals surface area contributed by atoms with Gasteiger partial charge in [0.1, 0.15) is 5.82 Å². The van der Waals surface area contributed by atoms with E-state index in [0.29, 0.717) is 30.2 Å². The molecule has 6 nitrogen and oxygen atoms in total. The quantitative estimate of drug-likeness (QED) is 0.417. The van der Waals surface area contributed by atoms with Gasteiger partial charge in [-0.15, -0.1) is 0 Å². The molecule has 0 bridgehead atoms. The largest absolute Gasteiger partial charge is 0.419 e. The number of nitrogen functional groups attached to an aromatic ring is 1. The monoisotopic (exact) mass is 473 g/mol. The Hall–Kier alpha value is -2.27. The molecule has 3 aliphatic rings.